The number of nitrogens with zero attached hydrogens (tertiary/aromatic N) is 1. The van der Waals surface area contributed by atoms with Crippen molar-refractivity contribution in [2.45, 2.75) is 12.8 Å². The van der Waals surface area contributed by atoms with E-state index in [9.17, 15) is 4.79 Å². The number of halogens is 2. The van der Waals surface area contributed by atoms with Crippen LogP contribution in [0.5, 0.6) is 0 Å². The Morgan fingerprint density at radius 3 is 3.00 bits per heavy atom. The maximum atomic E-state index is 11.7. The second-order valence-corrected chi connectivity index (χ2v) is 5.05. The molecule has 1 amide bonds. The van der Waals surface area contributed by atoms with Gasteiger partial charge in [0.1, 0.15) is 0 Å². The van der Waals surface area contributed by atoms with Crippen molar-refractivity contribution in [2.24, 2.45) is 10.9 Å². The number of benzene rings is 1. The molecule has 2 nitrogen and oxygen atoms in total. The van der Waals surface area contributed by atoms with Crippen LogP contribution in [-0.2, 0) is 4.79 Å². The maximum Gasteiger partial charge on any atom is 0.253 e. The van der Waals surface area contributed by atoms with Crippen LogP contribution < -0.4 is 10.6 Å². The molecule has 16 heavy (non-hydrogen) atoms. The van der Waals surface area contributed by atoms with Gasteiger partial charge >= 0.3 is 0 Å². The highest BCUT2D eigenvalue weighted by Gasteiger charge is 2.17. The third-order valence-electron chi connectivity index (χ3n) is 2.57. The molecule has 84 valence electrons. The van der Waals surface area contributed by atoms with E-state index >= 15 is 0 Å². The molecule has 0 spiro atoms. The van der Waals surface area contributed by atoms with Crippen molar-refractivity contribution in [1.82, 2.24) is 0 Å². The molecule has 4 heteroatoms. The molecule has 0 radical (unpaired) electrons. The first-order valence-electron chi connectivity index (χ1n) is 5.16. The van der Waals surface area contributed by atoms with Crippen LogP contribution in [0.2, 0.25) is 0 Å². The molecule has 2 rings (SSSR count). The second-order valence-electron chi connectivity index (χ2n) is 3.76. The first kappa shape index (κ1) is 11.8. The number of hydrogen-bond donors (Lipinski definition) is 0. The van der Waals surface area contributed by atoms with E-state index in [1.54, 1.807) is 0 Å². The van der Waals surface area contributed by atoms with E-state index in [-0.39, 0.29) is 11.8 Å². The Morgan fingerprint density at radius 1 is 1.44 bits per heavy atom. The Labute approximate surface area is 107 Å². The molecule has 0 aromatic heterocycles. The Balaban J connectivity index is 2.39. The summed E-state index contributed by atoms with van der Waals surface area (Å²) in [5.74, 6) is 0.420. The minimum absolute atomic E-state index is 0.0556. The second kappa shape index (κ2) is 5.11. The third kappa shape index (κ3) is 2.53. The first-order chi connectivity index (χ1) is 7.70. The topological polar surface area (TPSA) is 29.4 Å². The van der Waals surface area contributed by atoms with E-state index in [0.29, 0.717) is 5.88 Å². The van der Waals surface area contributed by atoms with Gasteiger partial charge < -0.3 is 0 Å². The minimum atomic E-state index is -0.111. The van der Waals surface area contributed by atoms with E-state index in [0.717, 1.165) is 27.9 Å². The summed E-state index contributed by atoms with van der Waals surface area (Å²) in [6, 6.07) is 5.73. The van der Waals surface area contributed by atoms with Crippen molar-refractivity contribution in [3.05, 3.63) is 33.2 Å². The molecule has 0 N–H and O–H groups in total. The Morgan fingerprint density at radius 2 is 2.25 bits per heavy atom. The Kier molecular flexibility index (Phi) is 3.77. The summed E-state index contributed by atoms with van der Waals surface area (Å²) in [6.07, 6.45) is 3.60. The molecule has 1 aromatic carbocycles. The average Bonchev–Trinajstić information content (AvgIpc) is 2.27. The van der Waals surface area contributed by atoms with E-state index < -0.39 is 0 Å². The predicted molar refractivity (Wildman–Crippen MR) is 67.8 cm³/mol. The molecular weight excluding hydrogens is 289 g/mol. The molecule has 0 saturated carbocycles. The third-order valence-corrected chi connectivity index (χ3v) is 3.33. The summed E-state index contributed by atoms with van der Waals surface area (Å²) in [6.45, 7) is 0. The average molecular weight is 301 g/mol. The number of alkyl halides is 1. The molecule has 1 aliphatic heterocycles. The molecule has 1 atom stereocenters. The zero-order chi connectivity index (χ0) is 11.5. The molecule has 1 aromatic rings. The largest absolute Gasteiger partial charge is 0.272 e. The minimum Gasteiger partial charge on any atom is -0.272 e. The van der Waals surface area contributed by atoms with Crippen molar-refractivity contribution in [1.29, 1.82) is 0 Å². The smallest absolute Gasteiger partial charge is 0.253 e. The summed E-state index contributed by atoms with van der Waals surface area (Å²) in [5.41, 5.74) is 0. The van der Waals surface area contributed by atoms with Crippen molar-refractivity contribution in [2.75, 3.05) is 5.88 Å². The van der Waals surface area contributed by atoms with Gasteiger partial charge in [0.15, 0.2) is 0 Å². The normalized spacial score (nSPS) is 18.6. The Bertz CT molecular complexity index is 526. The van der Waals surface area contributed by atoms with Crippen molar-refractivity contribution < 1.29 is 4.79 Å². The van der Waals surface area contributed by atoms with Crippen molar-refractivity contribution in [3.8, 4) is 0 Å². The van der Waals surface area contributed by atoms with Gasteiger partial charge in [-0.25, -0.2) is 4.99 Å². The van der Waals surface area contributed by atoms with Gasteiger partial charge in [0.05, 0.1) is 11.3 Å². The first-order valence-corrected chi connectivity index (χ1v) is 6.49. The Hall–Kier alpha value is -0.670. The fraction of sp³-hybridized carbons (Fsp3) is 0.333. The van der Waals surface area contributed by atoms with E-state index in [1.807, 2.05) is 24.3 Å². The van der Waals surface area contributed by atoms with Crippen molar-refractivity contribution in [3.63, 3.8) is 0 Å². The highest BCUT2D eigenvalue weighted by Crippen LogP contribution is 2.13. The van der Waals surface area contributed by atoms with Crippen LogP contribution in [0, 0.1) is 5.92 Å². The van der Waals surface area contributed by atoms with Gasteiger partial charge in [-0.05, 0) is 36.3 Å². The quantitative estimate of drug-likeness (QED) is 0.785. The van der Waals surface area contributed by atoms with Crippen LogP contribution in [0.25, 0.3) is 6.08 Å². The van der Waals surface area contributed by atoms with Gasteiger partial charge in [0.25, 0.3) is 5.91 Å². The monoisotopic (exact) mass is 299 g/mol. The highest BCUT2D eigenvalue weighted by atomic mass is 79.9. The van der Waals surface area contributed by atoms with E-state index in [4.69, 9.17) is 11.6 Å². The SMILES string of the molecule is O=C1N=c2ccc(Br)cc2=CC1CCCCl. The van der Waals surface area contributed by atoms with Crippen LogP contribution in [-0.4, -0.2) is 11.8 Å². The zero-order valence-corrected chi connectivity index (χ0v) is 11.0. The summed E-state index contributed by atoms with van der Waals surface area (Å²) in [4.78, 5) is 15.8. The lowest BCUT2D eigenvalue weighted by atomic mass is 9.99. The van der Waals surface area contributed by atoms with Gasteiger partial charge in [-0.1, -0.05) is 22.0 Å². The standard InChI is InChI=1S/C12H11BrClNO/c13-10-3-4-11-9(7-10)6-8(2-1-5-14)12(16)15-11/h3-4,6-8H,1-2,5H2. The number of rotatable bonds is 3. The summed E-state index contributed by atoms with van der Waals surface area (Å²) >= 11 is 9.04. The maximum absolute atomic E-state index is 11.7. The van der Waals surface area contributed by atoms with Crippen LogP contribution in [0.1, 0.15) is 12.8 Å². The van der Waals surface area contributed by atoms with Crippen LogP contribution in [0.3, 0.4) is 0 Å². The molecule has 0 bridgehead atoms. The highest BCUT2D eigenvalue weighted by molar-refractivity contribution is 9.10. The zero-order valence-electron chi connectivity index (χ0n) is 8.62. The number of hydrogen-bond acceptors (Lipinski definition) is 1. The summed E-state index contributed by atoms with van der Waals surface area (Å²) in [5, 5.41) is 1.78. The number of fused-ring (bicyclic) bond motifs is 1. The van der Waals surface area contributed by atoms with Crippen LogP contribution >= 0.6 is 27.5 Å². The molecular formula is C12H11BrClNO. The van der Waals surface area contributed by atoms with Gasteiger partial charge in [-0.15, -0.1) is 11.6 Å². The number of carbonyl (C=O) groups excluding carboxylic acids is 1. The van der Waals surface area contributed by atoms with Crippen molar-refractivity contribution >= 4 is 39.5 Å². The predicted octanol–water partition coefficient (Wildman–Crippen LogP) is 2.02. The van der Waals surface area contributed by atoms with Gasteiger partial charge in [0, 0.05) is 10.4 Å². The molecule has 0 saturated heterocycles. The fourth-order valence-electron chi connectivity index (χ4n) is 1.75. The van der Waals surface area contributed by atoms with E-state index in [2.05, 4.69) is 20.9 Å². The van der Waals surface area contributed by atoms with E-state index in [1.165, 1.54) is 0 Å². The number of carbonyl (C=O) groups is 1. The van der Waals surface area contributed by atoms with Gasteiger partial charge in [-0.3, -0.25) is 4.79 Å². The summed E-state index contributed by atoms with van der Waals surface area (Å²) < 4.78 is 1.00. The molecule has 0 fully saturated rings. The fourth-order valence-corrected chi connectivity index (χ4v) is 2.29. The summed E-state index contributed by atoms with van der Waals surface area (Å²) in [7, 11) is 0. The van der Waals surface area contributed by atoms with Gasteiger partial charge in [0.2, 0.25) is 0 Å². The lowest BCUT2D eigenvalue weighted by Crippen LogP contribution is -2.33. The lowest BCUT2D eigenvalue weighted by molar-refractivity contribution is -0.120. The molecule has 0 aliphatic carbocycles. The van der Waals surface area contributed by atoms with Crippen LogP contribution in [0.4, 0.5) is 0 Å². The number of amides is 1. The lowest BCUT2D eigenvalue weighted by Gasteiger charge is -2.11. The molecule has 1 unspecified atom stereocenters. The van der Waals surface area contributed by atoms with Gasteiger partial charge in [-0.2, -0.15) is 0 Å². The molecule has 1 heterocycles. The van der Waals surface area contributed by atoms with Crippen LogP contribution in [0.15, 0.2) is 27.7 Å². The molecule has 1 aliphatic rings.